The minimum absolute atomic E-state index is 0.0928. The van der Waals surface area contributed by atoms with Crippen LogP contribution in [0, 0.1) is 6.92 Å². The maximum atomic E-state index is 12.1. The molecule has 0 radical (unpaired) electrons. The molecule has 2 N–H and O–H groups in total. The maximum Gasteiger partial charge on any atom is 0.250 e. The Labute approximate surface area is 118 Å². The monoisotopic (exact) mass is 279 g/mol. The van der Waals surface area contributed by atoms with Crippen LogP contribution in [0.3, 0.4) is 0 Å². The number of rotatable bonds is 4. The summed E-state index contributed by atoms with van der Waals surface area (Å²) in [4.78, 5) is 12.1. The van der Waals surface area contributed by atoms with Crippen molar-refractivity contribution >= 4 is 5.91 Å². The first-order chi connectivity index (χ1) is 9.40. The van der Waals surface area contributed by atoms with E-state index in [0.717, 1.165) is 12.2 Å². The number of nitrogens with one attached hydrogen (secondary N) is 1. The molecule has 1 atom stereocenters. The fraction of sp³-hybridized carbons (Fsp3) is 0.533. The Balaban J connectivity index is 1.99. The van der Waals surface area contributed by atoms with Crippen LogP contribution in [0.1, 0.15) is 38.2 Å². The minimum atomic E-state index is -1.23. The van der Waals surface area contributed by atoms with E-state index in [1.807, 2.05) is 6.92 Å². The quantitative estimate of drug-likeness (QED) is 0.884. The molecule has 1 aliphatic rings. The number of furan rings is 1. The van der Waals surface area contributed by atoms with E-state index in [9.17, 15) is 9.90 Å². The lowest BCUT2D eigenvalue weighted by Gasteiger charge is -2.23. The van der Waals surface area contributed by atoms with Crippen molar-refractivity contribution in [3.63, 3.8) is 0 Å². The van der Waals surface area contributed by atoms with E-state index < -0.39 is 5.60 Å². The van der Waals surface area contributed by atoms with E-state index in [1.54, 1.807) is 26.0 Å². The van der Waals surface area contributed by atoms with Crippen molar-refractivity contribution in [2.45, 2.75) is 39.2 Å². The zero-order valence-electron chi connectivity index (χ0n) is 12.2. The number of carbonyl (C=O) groups excluding carboxylic acids is 1. The molecule has 0 fully saturated rings. The van der Waals surface area contributed by atoms with Crippen LogP contribution in [0.15, 0.2) is 27.9 Å². The smallest absolute Gasteiger partial charge is 0.250 e. The summed E-state index contributed by atoms with van der Waals surface area (Å²) in [7, 11) is 0. The summed E-state index contributed by atoms with van der Waals surface area (Å²) in [5.74, 6) is 1.65. The van der Waals surface area contributed by atoms with Gasteiger partial charge in [0.05, 0.1) is 18.7 Å². The van der Waals surface area contributed by atoms with E-state index in [0.29, 0.717) is 30.1 Å². The predicted octanol–water partition coefficient (Wildman–Crippen LogP) is 2.00. The Kier molecular flexibility index (Phi) is 4.18. The molecule has 1 aromatic rings. The Morgan fingerprint density at radius 1 is 1.45 bits per heavy atom. The van der Waals surface area contributed by atoms with Crippen LogP contribution in [0.25, 0.3) is 0 Å². The summed E-state index contributed by atoms with van der Waals surface area (Å²) >= 11 is 0. The number of ether oxygens (including phenoxy) is 1. The van der Waals surface area contributed by atoms with E-state index in [2.05, 4.69) is 5.32 Å². The van der Waals surface area contributed by atoms with Gasteiger partial charge in [0.15, 0.2) is 0 Å². The minimum Gasteiger partial charge on any atom is -0.498 e. The first-order valence-corrected chi connectivity index (χ1v) is 6.80. The van der Waals surface area contributed by atoms with Crippen molar-refractivity contribution in [2.24, 2.45) is 0 Å². The first-order valence-electron chi connectivity index (χ1n) is 6.80. The number of aliphatic hydroxyl groups is 1. The summed E-state index contributed by atoms with van der Waals surface area (Å²) < 4.78 is 10.8. The van der Waals surface area contributed by atoms with Gasteiger partial charge in [-0.3, -0.25) is 4.79 Å². The van der Waals surface area contributed by atoms with E-state index in [4.69, 9.17) is 9.15 Å². The van der Waals surface area contributed by atoms with Crippen molar-refractivity contribution in [1.29, 1.82) is 0 Å². The fourth-order valence-corrected chi connectivity index (χ4v) is 2.18. The highest BCUT2D eigenvalue weighted by Gasteiger charge is 2.28. The molecule has 20 heavy (non-hydrogen) atoms. The summed E-state index contributed by atoms with van der Waals surface area (Å²) in [6.45, 7) is 5.97. The van der Waals surface area contributed by atoms with Gasteiger partial charge in [0, 0.05) is 0 Å². The van der Waals surface area contributed by atoms with Crippen LogP contribution < -0.4 is 5.32 Å². The van der Waals surface area contributed by atoms with E-state index in [-0.39, 0.29) is 12.5 Å². The molecule has 1 aliphatic heterocycles. The standard InChI is InChI=1S/C15H21NO4/c1-10-6-7-13(20-10)15(3,18)9-16-14(17)12-5-4-8-19-11(12)2/h6-7,18H,4-5,8-9H2,1-3H3,(H,16,17). The van der Waals surface area contributed by atoms with Crippen LogP contribution in [-0.4, -0.2) is 24.2 Å². The Morgan fingerprint density at radius 3 is 2.80 bits per heavy atom. The normalized spacial score (nSPS) is 18.4. The lowest BCUT2D eigenvalue weighted by Crippen LogP contribution is -2.39. The molecule has 5 heteroatoms. The van der Waals surface area contributed by atoms with Gasteiger partial charge >= 0.3 is 0 Å². The SMILES string of the molecule is CC1=C(C(=O)NCC(C)(O)c2ccc(C)o2)CCCO1. The molecule has 1 amide bonds. The summed E-state index contributed by atoms with van der Waals surface area (Å²) in [6, 6.07) is 3.50. The molecule has 0 saturated carbocycles. The molecule has 110 valence electrons. The molecular weight excluding hydrogens is 258 g/mol. The van der Waals surface area contributed by atoms with Crippen molar-refractivity contribution in [3.05, 3.63) is 35.0 Å². The maximum absolute atomic E-state index is 12.1. The van der Waals surface area contributed by atoms with Crippen LogP contribution in [-0.2, 0) is 15.1 Å². The third-order valence-electron chi connectivity index (χ3n) is 3.45. The predicted molar refractivity (Wildman–Crippen MR) is 73.9 cm³/mol. The molecule has 2 rings (SSSR count). The van der Waals surface area contributed by atoms with Gasteiger partial charge < -0.3 is 19.6 Å². The zero-order valence-corrected chi connectivity index (χ0v) is 12.2. The highest BCUT2D eigenvalue weighted by molar-refractivity contribution is 5.93. The topological polar surface area (TPSA) is 71.7 Å². The molecule has 2 heterocycles. The molecule has 0 bridgehead atoms. The average molecular weight is 279 g/mol. The molecule has 0 aromatic carbocycles. The first kappa shape index (κ1) is 14.7. The largest absolute Gasteiger partial charge is 0.498 e. The van der Waals surface area contributed by atoms with Crippen molar-refractivity contribution in [1.82, 2.24) is 5.32 Å². The van der Waals surface area contributed by atoms with Gasteiger partial charge in [-0.25, -0.2) is 0 Å². The number of hydrogen-bond donors (Lipinski definition) is 2. The van der Waals surface area contributed by atoms with E-state index >= 15 is 0 Å². The second-order valence-corrected chi connectivity index (χ2v) is 5.35. The lowest BCUT2D eigenvalue weighted by molar-refractivity contribution is -0.119. The van der Waals surface area contributed by atoms with Gasteiger partial charge in [0.2, 0.25) is 0 Å². The Bertz CT molecular complexity index is 528. The van der Waals surface area contributed by atoms with Crippen LogP contribution >= 0.6 is 0 Å². The van der Waals surface area contributed by atoms with Crippen molar-refractivity contribution < 1.29 is 19.1 Å². The van der Waals surface area contributed by atoms with Crippen LogP contribution in [0.2, 0.25) is 0 Å². The number of hydrogen-bond acceptors (Lipinski definition) is 4. The lowest BCUT2D eigenvalue weighted by atomic mass is 10.0. The van der Waals surface area contributed by atoms with Crippen LogP contribution in [0.5, 0.6) is 0 Å². The van der Waals surface area contributed by atoms with Crippen molar-refractivity contribution in [3.8, 4) is 0 Å². The van der Waals surface area contributed by atoms with Gasteiger partial charge in [0.1, 0.15) is 22.9 Å². The summed E-state index contributed by atoms with van der Waals surface area (Å²) in [5, 5.41) is 13.1. The fourth-order valence-electron chi connectivity index (χ4n) is 2.18. The number of aryl methyl sites for hydroxylation is 1. The second-order valence-electron chi connectivity index (χ2n) is 5.35. The average Bonchev–Trinajstić information content (AvgIpc) is 2.84. The van der Waals surface area contributed by atoms with Gasteiger partial charge in [-0.2, -0.15) is 0 Å². The number of amides is 1. The third-order valence-corrected chi connectivity index (χ3v) is 3.45. The third kappa shape index (κ3) is 3.22. The summed E-state index contributed by atoms with van der Waals surface area (Å²) in [5.41, 5.74) is -0.573. The van der Waals surface area contributed by atoms with Crippen molar-refractivity contribution in [2.75, 3.05) is 13.2 Å². The highest BCUT2D eigenvalue weighted by atomic mass is 16.5. The molecule has 5 nitrogen and oxygen atoms in total. The molecule has 0 aliphatic carbocycles. The molecule has 0 spiro atoms. The van der Waals surface area contributed by atoms with Gasteiger partial charge in [-0.05, 0) is 45.7 Å². The molecule has 1 aromatic heterocycles. The van der Waals surface area contributed by atoms with Gasteiger partial charge in [0.25, 0.3) is 5.91 Å². The molecule has 0 saturated heterocycles. The molecule has 1 unspecified atom stereocenters. The van der Waals surface area contributed by atoms with Gasteiger partial charge in [-0.1, -0.05) is 0 Å². The van der Waals surface area contributed by atoms with Crippen LogP contribution in [0.4, 0.5) is 0 Å². The number of carbonyl (C=O) groups is 1. The zero-order chi connectivity index (χ0) is 14.8. The second kappa shape index (κ2) is 5.71. The van der Waals surface area contributed by atoms with E-state index in [1.165, 1.54) is 0 Å². The molecular formula is C15H21NO4. The Hall–Kier alpha value is -1.75. The van der Waals surface area contributed by atoms with Gasteiger partial charge in [-0.15, -0.1) is 0 Å². The number of allylic oxidation sites excluding steroid dienone is 1. The Morgan fingerprint density at radius 2 is 2.20 bits per heavy atom. The summed E-state index contributed by atoms with van der Waals surface area (Å²) in [6.07, 6.45) is 1.55. The highest BCUT2D eigenvalue weighted by Crippen LogP contribution is 2.23.